The van der Waals surface area contributed by atoms with Gasteiger partial charge in [0.2, 0.25) is 5.13 Å². The summed E-state index contributed by atoms with van der Waals surface area (Å²) >= 11 is 1.23. The van der Waals surface area contributed by atoms with Crippen molar-refractivity contribution in [1.29, 1.82) is 0 Å². The number of hydrogen-bond acceptors (Lipinski definition) is 7. The fraction of sp³-hybridized carbons (Fsp3) is 0.111. The third-order valence-corrected chi connectivity index (χ3v) is 6.07. The molecule has 0 unspecified atom stereocenters. The van der Waals surface area contributed by atoms with E-state index in [1.807, 2.05) is 0 Å². The van der Waals surface area contributed by atoms with E-state index in [9.17, 15) is 21.6 Å². The highest BCUT2D eigenvalue weighted by Crippen LogP contribution is 2.28. The minimum absolute atomic E-state index is 0.119. The molecular weight excluding hydrogens is 457 g/mol. The molecule has 0 saturated heterocycles. The molecular formula is C18H13F3N4O4S2. The van der Waals surface area contributed by atoms with Crippen LogP contribution >= 0.6 is 11.3 Å². The topological polar surface area (TPSA) is 99.2 Å². The predicted molar refractivity (Wildman–Crippen MR) is 106 cm³/mol. The van der Waals surface area contributed by atoms with E-state index in [0.29, 0.717) is 22.3 Å². The molecule has 0 aliphatic rings. The highest BCUT2D eigenvalue weighted by atomic mass is 32.2. The first-order chi connectivity index (χ1) is 14.6. The summed E-state index contributed by atoms with van der Waals surface area (Å²) in [6, 6.07) is 8.82. The number of nitrogens with zero attached hydrogens (tertiary/aromatic N) is 3. The number of anilines is 1. The fourth-order valence-corrected chi connectivity index (χ4v) is 4.44. The first-order valence-electron chi connectivity index (χ1n) is 8.56. The summed E-state index contributed by atoms with van der Waals surface area (Å²) < 4.78 is 75.1. The van der Waals surface area contributed by atoms with Crippen LogP contribution in [0.25, 0.3) is 16.6 Å². The van der Waals surface area contributed by atoms with E-state index in [1.54, 1.807) is 24.4 Å². The number of benzene rings is 1. The molecule has 3 heterocycles. The molecule has 4 rings (SSSR count). The molecule has 1 N–H and O–H groups in total. The van der Waals surface area contributed by atoms with Gasteiger partial charge in [0.15, 0.2) is 5.76 Å². The number of hydrogen-bond donors (Lipinski definition) is 1. The van der Waals surface area contributed by atoms with Gasteiger partial charge in [-0.15, -0.1) is 24.5 Å². The molecule has 0 aliphatic carbocycles. The van der Waals surface area contributed by atoms with Gasteiger partial charge in [-0.05, 0) is 43.3 Å². The van der Waals surface area contributed by atoms with Gasteiger partial charge in [0.25, 0.3) is 10.0 Å². The Labute approximate surface area is 178 Å². The van der Waals surface area contributed by atoms with Crippen molar-refractivity contribution in [1.82, 2.24) is 14.8 Å². The average molecular weight is 470 g/mol. The molecule has 0 fully saturated rings. The molecule has 0 amide bonds. The summed E-state index contributed by atoms with van der Waals surface area (Å²) in [5, 5.41) is 6.40. The third kappa shape index (κ3) is 4.72. The Morgan fingerprint density at radius 2 is 1.94 bits per heavy atom. The van der Waals surface area contributed by atoms with Crippen LogP contribution in [-0.4, -0.2) is 29.5 Å². The molecule has 1 aromatic carbocycles. The summed E-state index contributed by atoms with van der Waals surface area (Å²) in [6.45, 7) is 1.68. The molecule has 31 heavy (non-hydrogen) atoms. The van der Waals surface area contributed by atoms with Gasteiger partial charge in [-0.25, -0.2) is 13.4 Å². The Morgan fingerprint density at radius 3 is 2.58 bits per heavy atom. The number of nitrogens with one attached hydrogen (secondary N) is 1. The quantitative estimate of drug-likeness (QED) is 0.442. The van der Waals surface area contributed by atoms with E-state index in [1.165, 1.54) is 28.3 Å². The number of ether oxygens (including phenoxy) is 1. The van der Waals surface area contributed by atoms with Crippen molar-refractivity contribution in [2.24, 2.45) is 0 Å². The van der Waals surface area contributed by atoms with E-state index >= 15 is 0 Å². The van der Waals surface area contributed by atoms with Crippen LogP contribution in [0.4, 0.5) is 19.0 Å². The van der Waals surface area contributed by atoms with Gasteiger partial charge in [-0.3, -0.25) is 4.72 Å². The van der Waals surface area contributed by atoms with Crippen molar-refractivity contribution in [2.75, 3.05) is 4.72 Å². The number of aromatic nitrogens is 3. The molecule has 0 aliphatic heterocycles. The van der Waals surface area contributed by atoms with Crippen LogP contribution in [0.5, 0.6) is 5.75 Å². The van der Waals surface area contributed by atoms with Crippen LogP contribution in [0.3, 0.4) is 0 Å². The third-order valence-electron chi connectivity index (χ3n) is 3.88. The lowest BCUT2D eigenvalue weighted by molar-refractivity contribution is -0.274. The maximum Gasteiger partial charge on any atom is 0.573 e. The zero-order chi connectivity index (χ0) is 22.2. The summed E-state index contributed by atoms with van der Waals surface area (Å²) in [5.74, 6) is 0.142. The van der Waals surface area contributed by atoms with Gasteiger partial charge < -0.3 is 9.15 Å². The fourth-order valence-electron chi connectivity index (χ4n) is 2.63. The molecule has 0 spiro atoms. The predicted octanol–water partition coefficient (Wildman–Crippen LogP) is 4.60. The molecule has 4 aromatic rings. The molecule has 0 bridgehead atoms. The number of thiazole rings is 1. The Bertz CT molecular complexity index is 1290. The van der Waals surface area contributed by atoms with Crippen LogP contribution in [0.15, 0.2) is 63.4 Å². The summed E-state index contributed by atoms with van der Waals surface area (Å²) in [6.07, 6.45) is -3.36. The molecule has 0 saturated carbocycles. The van der Waals surface area contributed by atoms with E-state index in [4.69, 9.17) is 4.42 Å². The van der Waals surface area contributed by atoms with E-state index in [-0.39, 0.29) is 10.7 Å². The van der Waals surface area contributed by atoms with Crippen LogP contribution in [-0.2, 0) is 10.0 Å². The number of aryl methyl sites for hydroxylation is 1. The Morgan fingerprint density at radius 1 is 1.19 bits per heavy atom. The van der Waals surface area contributed by atoms with E-state index < -0.39 is 22.1 Å². The molecule has 13 heteroatoms. The van der Waals surface area contributed by atoms with E-state index in [0.717, 1.165) is 24.3 Å². The van der Waals surface area contributed by atoms with Crippen molar-refractivity contribution in [3.8, 4) is 22.3 Å². The second-order valence-corrected chi connectivity index (χ2v) is 8.72. The molecule has 0 radical (unpaired) electrons. The van der Waals surface area contributed by atoms with Gasteiger partial charge in [0, 0.05) is 11.4 Å². The second kappa shape index (κ2) is 7.74. The van der Waals surface area contributed by atoms with Gasteiger partial charge >= 0.3 is 6.36 Å². The number of alkyl halides is 3. The molecule has 8 nitrogen and oxygen atoms in total. The largest absolute Gasteiger partial charge is 0.573 e. The van der Waals surface area contributed by atoms with Gasteiger partial charge in [0.1, 0.15) is 17.3 Å². The standard InChI is InChI=1S/C18H13F3N4O4S2/c1-11-9-16(25(23-11)17-22-14(10-30-17)15-3-2-8-28-15)24-31(26,27)13-6-4-12(5-7-13)29-18(19,20)21/h2-10,24H,1H3. The smallest absolute Gasteiger partial charge is 0.463 e. The van der Waals surface area contributed by atoms with Crippen molar-refractivity contribution in [3.63, 3.8) is 0 Å². The SMILES string of the molecule is Cc1cc(NS(=O)(=O)c2ccc(OC(F)(F)F)cc2)n(-c2nc(-c3ccco3)cs2)n1. The minimum atomic E-state index is -4.87. The van der Waals surface area contributed by atoms with Crippen LogP contribution in [0.1, 0.15) is 5.69 Å². The molecule has 3 aromatic heterocycles. The van der Waals surface area contributed by atoms with Crippen molar-refractivity contribution in [3.05, 3.63) is 59.8 Å². The van der Waals surface area contributed by atoms with Gasteiger partial charge in [0.05, 0.1) is 16.9 Å². The summed E-state index contributed by atoms with van der Waals surface area (Å²) in [5.41, 5.74) is 1.09. The minimum Gasteiger partial charge on any atom is -0.463 e. The Kier molecular flexibility index (Phi) is 5.23. The lowest BCUT2D eigenvalue weighted by Gasteiger charge is -2.11. The van der Waals surface area contributed by atoms with Crippen LogP contribution in [0.2, 0.25) is 0 Å². The number of rotatable bonds is 6. The average Bonchev–Trinajstić information content (AvgIpc) is 3.40. The maximum absolute atomic E-state index is 12.7. The van der Waals surface area contributed by atoms with Crippen molar-refractivity contribution in [2.45, 2.75) is 18.2 Å². The lowest BCUT2D eigenvalue weighted by atomic mass is 10.3. The zero-order valence-corrected chi connectivity index (χ0v) is 17.3. The number of sulfonamides is 1. The zero-order valence-electron chi connectivity index (χ0n) is 15.6. The lowest BCUT2D eigenvalue weighted by Crippen LogP contribution is -2.18. The van der Waals surface area contributed by atoms with E-state index in [2.05, 4.69) is 19.5 Å². The van der Waals surface area contributed by atoms with Gasteiger partial charge in [-0.2, -0.15) is 9.78 Å². The number of halogens is 3. The second-order valence-electron chi connectivity index (χ2n) is 6.20. The van der Waals surface area contributed by atoms with Crippen LogP contribution in [0, 0.1) is 6.92 Å². The molecule has 162 valence electrons. The maximum atomic E-state index is 12.7. The highest BCUT2D eigenvalue weighted by Gasteiger charge is 2.31. The number of furan rings is 1. The monoisotopic (exact) mass is 470 g/mol. The Hall–Kier alpha value is -3.32. The summed E-state index contributed by atoms with van der Waals surface area (Å²) in [4.78, 5) is 4.17. The first-order valence-corrected chi connectivity index (χ1v) is 10.9. The Balaban J connectivity index is 1.60. The molecule has 0 atom stereocenters. The van der Waals surface area contributed by atoms with Gasteiger partial charge in [-0.1, -0.05) is 0 Å². The van der Waals surface area contributed by atoms with Crippen molar-refractivity contribution < 1.29 is 30.7 Å². The summed E-state index contributed by atoms with van der Waals surface area (Å²) in [7, 11) is -4.12. The highest BCUT2D eigenvalue weighted by molar-refractivity contribution is 7.92. The van der Waals surface area contributed by atoms with Crippen molar-refractivity contribution >= 4 is 27.2 Å². The van der Waals surface area contributed by atoms with Crippen LogP contribution < -0.4 is 9.46 Å². The first kappa shape index (κ1) is 20.9. The normalized spacial score (nSPS) is 12.1.